The van der Waals surface area contributed by atoms with Crippen molar-refractivity contribution in [1.82, 2.24) is 10.3 Å². The van der Waals surface area contributed by atoms with E-state index in [2.05, 4.69) is 34.5 Å². The molecule has 0 radical (unpaired) electrons. The number of hydrogen-bond donors (Lipinski definition) is 1. The molecule has 0 aliphatic carbocycles. The Bertz CT molecular complexity index is 870. The van der Waals surface area contributed by atoms with Crippen molar-refractivity contribution in [3.63, 3.8) is 0 Å². The summed E-state index contributed by atoms with van der Waals surface area (Å²) in [6.45, 7) is 3.63. The van der Waals surface area contributed by atoms with Crippen LogP contribution in [0.3, 0.4) is 0 Å². The van der Waals surface area contributed by atoms with Gasteiger partial charge in [0.15, 0.2) is 0 Å². The number of piperidine rings is 1. The Balaban J connectivity index is 1.56. The van der Waals surface area contributed by atoms with Crippen molar-refractivity contribution in [1.29, 1.82) is 0 Å². The second-order valence-electron chi connectivity index (χ2n) is 6.94. The van der Waals surface area contributed by atoms with E-state index in [1.54, 1.807) is 0 Å². The van der Waals surface area contributed by atoms with Gasteiger partial charge < -0.3 is 10.2 Å². The summed E-state index contributed by atoms with van der Waals surface area (Å²) >= 11 is 0. The quantitative estimate of drug-likeness (QED) is 0.726. The van der Waals surface area contributed by atoms with E-state index in [0.29, 0.717) is 6.54 Å². The van der Waals surface area contributed by atoms with Crippen LogP contribution in [0.1, 0.15) is 30.4 Å². The number of pyridine rings is 1. The fourth-order valence-electron chi connectivity index (χ4n) is 3.60. The van der Waals surface area contributed by atoms with Crippen molar-refractivity contribution in [2.75, 3.05) is 18.0 Å². The molecule has 2 heterocycles. The lowest BCUT2D eigenvalue weighted by atomic mass is 10.1. The SMILES string of the molecule is Fc1ccc(CNCc2cc3ccccc3nc2N2CCCCC2)cc1. The maximum absolute atomic E-state index is 13.0. The van der Waals surface area contributed by atoms with Gasteiger partial charge in [-0.15, -0.1) is 0 Å². The molecule has 0 bridgehead atoms. The third-order valence-corrected chi connectivity index (χ3v) is 4.99. The standard InChI is InChI=1S/C22H24FN3/c23-20-10-8-17(9-11-20)15-24-16-19-14-18-6-2-3-7-21(18)25-22(19)26-12-4-1-5-13-26/h2-3,6-11,14,24H,1,4-5,12-13,15-16H2. The van der Waals surface area contributed by atoms with Gasteiger partial charge in [-0.25, -0.2) is 9.37 Å². The van der Waals surface area contributed by atoms with Crippen LogP contribution in [0.15, 0.2) is 54.6 Å². The van der Waals surface area contributed by atoms with Crippen molar-refractivity contribution in [2.45, 2.75) is 32.4 Å². The monoisotopic (exact) mass is 349 g/mol. The van der Waals surface area contributed by atoms with E-state index in [4.69, 9.17) is 4.98 Å². The molecule has 4 rings (SSSR count). The fourth-order valence-corrected chi connectivity index (χ4v) is 3.60. The smallest absolute Gasteiger partial charge is 0.133 e. The minimum atomic E-state index is -0.195. The molecule has 1 aliphatic rings. The Kier molecular flexibility index (Phi) is 5.12. The van der Waals surface area contributed by atoms with Crippen molar-refractivity contribution >= 4 is 16.7 Å². The molecule has 0 saturated carbocycles. The Labute approximate surface area is 153 Å². The van der Waals surface area contributed by atoms with Gasteiger partial charge in [0.2, 0.25) is 0 Å². The Morgan fingerprint density at radius 3 is 2.50 bits per heavy atom. The summed E-state index contributed by atoms with van der Waals surface area (Å²) in [7, 11) is 0. The highest BCUT2D eigenvalue weighted by Gasteiger charge is 2.16. The van der Waals surface area contributed by atoms with E-state index in [1.165, 1.54) is 42.3 Å². The zero-order valence-corrected chi connectivity index (χ0v) is 14.9. The maximum Gasteiger partial charge on any atom is 0.133 e. The average Bonchev–Trinajstić information content (AvgIpc) is 2.69. The van der Waals surface area contributed by atoms with Crippen LogP contribution in [0, 0.1) is 5.82 Å². The van der Waals surface area contributed by atoms with Gasteiger partial charge in [0.05, 0.1) is 5.52 Å². The maximum atomic E-state index is 13.0. The van der Waals surface area contributed by atoms with Gasteiger partial charge in [-0.1, -0.05) is 30.3 Å². The first kappa shape index (κ1) is 17.0. The zero-order valence-electron chi connectivity index (χ0n) is 14.9. The molecule has 3 aromatic rings. The topological polar surface area (TPSA) is 28.2 Å². The number of para-hydroxylation sites is 1. The summed E-state index contributed by atoms with van der Waals surface area (Å²) in [4.78, 5) is 7.39. The fraction of sp³-hybridized carbons (Fsp3) is 0.318. The lowest BCUT2D eigenvalue weighted by molar-refractivity contribution is 0.570. The molecule has 3 nitrogen and oxygen atoms in total. The summed E-state index contributed by atoms with van der Waals surface area (Å²) in [5, 5.41) is 4.67. The minimum Gasteiger partial charge on any atom is -0.356 e. The van der Waals surface area contributed by atoms with E-state index in [0.717, 1.165) is 36.5 Å². The number of halogens is 1. The Morgan fingerprint density at radius 2 is 1.69 bits per heavy atom. The second-order valence-corrected chi connectivity index (χ2v) is 6.94. The van der Waals surface area contributed by atoms with E-state index >= 15 is 0 Å². The third kappa shape index (κ3) is 3.86. The zero-order chi connectivity index (χ0) is 17.8. The van der Waals surface area contributed by atoms with Gasteiger partial charge in [0.1, 0.15) is 11.6 Å². The predicted octanol–water partition coefficient (Wildman–Crippen LogP) is 4.65. The van der Waals surface area contributed by atoms with Gasteiger partial charge >= 0.3 is 0 Å². The first-order chi connectivity index (χ1) is 12.8. The largest absolute Gasteiger partial charge is 0.356 e. The molecular formula is C22H24FN3. The van der Waals surface area contributed by atoms with E-state index in [1.807, 2.05) is 18.2 Å². The van der Waals surface area contributed by atoms with Gasteiger partial charge in [0.25, 0.3) is 0 Å². The van der Waals surface area contributed by atoms with E-state index in [9.17, 15) is 4.39 Å². The number of nitrogens with zero attached hydrogens (tertiary/aromatic N) is 2. The first-order valence-electron chi connectivity index (χ1n) is 9.38. The highest BCUT2D eigenvalue weighted by molar-refractivity contribution is 5.81. The van der Waals surface area contributed by atoms with Crippen molar-refractivity contribution < 1.29 is 4.39 Å². The highest BCUT2D eigenvalue weighted by Crippen LogP contribution is 2.26. The summed E-state index contributed by atoms with van der Waals surface area (Å²) in [5.41, 5.74) is 3.36. The summed E-state index contributed by atoms with van der Waals surface area (Å²) in [6, 6.07) is 17.2. The number of hydrogen-bond acceptors (Lipinski definition) is 3. The average molecular weight is 349 g/mol. The number of benzene rings is 2. The summed E-state index contributed by atoms with van der Waals surface area (Å²) in [5.74, 6) is 0.912. The van der Waals surface area contributed by atoms with Gasteiger partial charge in [0, 0.05) is 37.1 Å². The molecule has 4 heteroatoms. The molecule has 134 valence electrons. The molecule has 1 aliphatic heterocycles. The molecule has 0 spiro atoms. The number of rotatable bonds is 5. The van der Waals surface area contributed by atoms with E-state index < -0.39 is 0 Å². The van der Waals surface area contributed by atoms with Gasteiger partial charge in [-0.2, -0.15) is 0 Å². The molecule has 0 unspecified atom stereocenters. The summed E-state index contributed by atoms with van der Waals surface area (Å²) in [6.07, 6.45) is 3.77. The summed E-state index contributed by atoms with van der Waals surface area (Å²) < 4.78 is 13.0. The molecular weight excluding hydrogens is 325 g/mol. The van der Waals surface area contributed by atoms with Gasteiger partial charge in [-0.05, 0) is 49.1 Å². The van der Waals surface area contributed by atoms with E-state index in [-0.39, 0.29) is 5.82 Å². The lowest BCUT2D eigenvalue weighted by Gasteiger charge is -2.30. The Hall–Kier alpha value is -2.46. The second kappa shape index (κ2) is 7.83. The normalized spacial score (nSPS) is 14.7. The van der Waals surface area contributed by atoms with Crippen LogP contribution in [-0.2, 0) is 13.1 Å². The molecule has 0 amide bonds. The highest BCUT2D eigenvalue weighted by atomic mass is 19.1. The third-order valence-electron chi connectivity index (χ3n) is 4.99. The lowest BCUT2D eigenvalue weighted by Crippen LogP contribution is -2.31. The van der Waals surface area contributed by atoms with Crippen molar-refractivity contribution in [3.8, 4) is 0 Å². The van der Waals surface area contributed by atoms with Crippen LogP contribution in [0.5, 0.6) is 0 Å². The van der Waals surface area contributed by atoms with Crippen LogP contribution >= 0.6 is 0 Å². The first-order valence-corrected chi connectivity index (χ1v) is 9.38. The number of nitrogens with one attached hydrogen (secondary N) is 1. The Morgan fingerprint density at radius 1 is 0.923 bits per heavy atom. The van der Waals surface area contributed by atoms with Crippen LogP contribution in [0.4, 0.5) is 10.2 Å². The predicted molar refractivity (Wildman–Crippen MR) is 105 cm³/mol. The molecule has 1 fully saturated rings. The van der Waals surface area contributed by atoms with Crippen molar-refractivity contribution in [3.05, 3.63) is 71.5 Å². The van der Waals surface area contributed by atoms with Crippen LogP contribution in [-0.4, -0.2) is 18.1 Å². The van der Waals surface area contributed by atoms with Crippen molar-refractivity contribution in [2.24, 2.45) is 0 Å². The molecule has 2 aromatic carbocycles. The molecule has 1 saturated heterocycles. The number of aromatic nitrogens is 1. The number of anilines is 1. The molecule has 1 aromatic heterocycles. The molecule has 26 heavy (non-hydrogen) atoms. The van der Waals surface area contributed by atoms with Gasteiger partial charge in [-0.3, -0.25) is 0 Å². The van der Waals surface area contributed by atoms with Crippen LogP contribution < -0.4 is 10.2 Å². The molecule has 0 atom stereocenters. The van der Waals surface area contributed by atoms with Crippen LogP contribution in [0.25, 0.3) is 10.9 Å². The minimum absolute atomic E-state index is 0.195. The van der Waals surface area contributed by atoms with Crippen LogP contribution in [0.2, 0.25) is 0 Å². The molecule has 1 N–H and O–H groups in total. The number of fused-ring (bicyclic) bond motifs is 1.